The van der Waals surface area contributed by atoms with Crippen molar-refractivity contribution in [2.24, 2.45) is 0 Å². The predicted octanol–water partition coefficient (Wildman–Crippen LogP) is 1.64. The Morgan fingerprint density at radius 1 is 1.06 bits per heavy atom. The van der Waals surface area contributed by atoms with Crippen molar-refractivity contribution in [3.05, 3.63) is 53.8 Å². The van der Waals surface area contributed by atoms with Gasteiger partial charge in [-0.05, 0) is 30.2 Å². The number of benzene rings is 1. The summed E-state index contributed by atoms with van der Waals surface area (Å²) in [6.45, 7) is 0.762. The van der Waals surface area contributed by atoms with Gasteiger partial charge in [-0.3, -0.25) is 9.59 Å². The molecular formula is C14H11NO2. The molecule has 0 spiro atoms. The quantitative estimate of drug-likeness (QED) is 0.682. The number of hydrogen-bond acceptors (Lipinski definition) is 3. The van der Waals surface area contributed by atoms with Crippen LogP contribution in [0.1, 0.15) is 5.56 Å². The fourth-order valence-electron chi connectivity index (χ4n) is 2.30. The molecule has 0 fully saturated rings. The van der Waals surface area contributed by atoms with Crippen molar-refractivity contribution in [2.75, 3.05) is 11.4 Å². The molecule has 0 N–H and O–H groups in total. The number of fused-ring (bicyclic) bond motifs is 1. The van der Waals surface area contributed by atoms with E-state index in [4.69, 9.17) is 0 Å². The van der Waals surface area contributed by atoms with Gasteiger partial charge >= 0.3 is 0 Å². The van der Waals surface area contributed by atoms with Gasteiger partial charge in [0.1, 0.15) is 0 Å². The molecule has 0 radical (unpaired) electrons. The van der Waals surface area contributed by atoms with Crippen LogP contribution in [0, 0.1) is 0 Å². The molecule has 0 atom stereocenters. The summed E-state index contributed by atoms with van der Waals surface area (Å²) in [5.74, 6) is -0.217. The van der Waals surface area contributed by atoms with Crippen LogP contribution in [-0.4, -0.2) is 18.1 Å². The summed E-state index contributed by atoms with van der Waals surface area (Å²) >= 11 is 0. The number of rotatable bonds is 1. The van der Waals surface area contributed by atoms with Gasteiger partial charge in [-0.2, -0.15) is 0 Å². The second-order valence-corrected chi connectivity index (χ2v) is 4.16. The van der Waals surface area contributed by atoms with E-state index in [0.717, 1.165) is 18.7 Å². The third-order valence-electron chi connectivity index (χ3n) is 3.11. The van der Waals surface area contributed by atoms with Gasteiger partial charge in [0.05, 0.1) is 5.70 Å². The van der Waals surface area contributed by atoms with Crippen molar-refractivity contribution in [3.8, 4) is 0 Å². The van der Waals surface area contributed by atoms with Crippen LogP contribution in [0.4, 0.5) is 5.69 Å². The van der Waals surface area contributed by atoms with E-state index in [1.54, 1.807) is 0 Å². The zero-order chi connectivity index (χ0) is 11.8. The Balaban J connectivity index is 2.03. The summed E-state index contributed by atoms with van der Waals surface area (Å²) in [4.78, 5) is 25.1. The first-order valence-electron chi connectivity index (χ1n) is 5.59. The van der Waals surface area contributed by atoms with Gasteiger partial charge in [-0.15, -0.1) is 0 Å². The van der Waals surface area contributed by atoms with Crippen LogP contribution >= 0.6 is 0 Å². The summed E-state index contributed by atoms with van der Waals surface area (Å²) in [5, 5.41) is 0. The minimum absolute atomic E-state index is 0.0960. The Hall–Kier alpha value is -2.16. The number of carbonyl (C=O) groups excluding carboxylic acids is 2. The summed E-state index contributed by atoms with van der Waals surface area (Å²) in [7, 11) is 0. The first-order chi connectivity index (χ1) is 8.25. The van der Waals surface area contributed by atoms with Crippen molar-refractivity contribution in [3.63, 3.8) is 0 Å². The fraction of sp³-hybridized carbons (Fsp3) is 0.143. The van der Waals surface area contributed by atoms with Crippen LogP contribution in [0.2, 0.25) is 0 Å². The maximum atomic E-state index is 11.8. The minimum Gasteiger partial charge on any atom is -0.338 e. The molecule has 0 saturated heterocycles. The van der Waals surface area contributed by atoms with E-state index in [2.05, 4.69) is 6.07 Å². The van der Waals surface area contributed by atoms with E-state index >= 15 is 0 Å². The molecule has 0 amide bonds. The Morgan fingerprint density at radius 2 is 1.88 bits per heavy atom. The number of hydrogen-bond donors (Lipinski definition) is 0. The lowest BCUT2D eigenvalue weighted by atomic mass is 10.1. The third-order valence-corrected chi connectivity index (χ3v) is 3.11. The summed E-state index contributed by atoms with van der Waals surface area (Å²) in [5.41, 5.74) is 2.75. The molecule has 17 heavy (non-hydrogen) atoms. The highest BCUT2D eigenvalue weighted by Gasteiger charge is 2.26. The highest BCUT2D eigenvalue weighted by Crippen LogP contribution is 2.31. The fourth-order valence-corrected chi connectivity index (χ4v) is 2.30. The molecule has 1 aliphatic heterocycles. The van der Waals surface area contributed by atoms with Gasteiger partial charge in [0.25, 0.3) is 0 Å². The minimum atomic E-state index is -0.121. The maximum Gasteiger partial charge on any atom is 0.202 e. The molecule has 1 aromatic carbocycles. The topological polar surface area (TPSA) is 37.4 Å². The Kier molecular flexibility index (Phi) is 2.18. The SMILES string of the molecule is O=C1C=CC(=O)C(N2CCc3ccccc32)=C1. The van der Waals surface area contributed by atoms with Crippen molar-refractivity contribution >= 4 is 17.3 Å². The summed E-state index contributed by atoms with van der Waals surface area (Å²) in [6.07, 6.45) is 5.00. The van der Waals surface area contributed by atoms with E-state index in [-0.39, 0.29) is 11.6 Å². The second-order valence-electron chi connectivity index (χ2n) is 4.16. The maximum absolute atomic E-state index is 11.8. The van der Waals surface area contributed by atoms with Gasteiger partial charge in [0, 0.05) is 18.3 Å². The molecule has 0 saturated carbocycles. The lowest BCUT2D eigenvalue weighted by molar-refractivity contribution is -0.114. The van der Waals surface area contributed by atoms with Crippen LogP contribution in [0.15, 0.2) is 48.2 Å². The number of nitrogens with zero attached hydrogens (tertiary/aromatic N) is 1. The Morgan fingerprint density at radius 3 is 2.76 bits per heavy atom. The highest BCUT2D eigenvalue weighted by atomic mass is 16.1. The van der Waals surface area contributed by atoms with Gasteiger partial charge in [-0.25, -0.2) is 0 Å². The average Bonchev–Trinajstić information content (AvgIpc) is 2.76. The van der Waals surface area contributed by atoms with Gasteiger partial charge in [0.15, 0.2) is 5.78 Å². The van der Waals surface area contributed by atoms with Crippen LogP contribution in [-0.2, 0) is 16.0 Å². The molecule has 0 bridgehead atoms. The standard InChI is InChI=1S/C14H11NO2/c16-11-5-6-14(17)13(9-11)15-8-7-10-3-1-2-4-12(10)15/h1-6,9H,7-8H2. The van der Waals surface area contributed by atoms with E-state index in [0.29, 0.717) is 5.70 Å². The predicted molar refractivity (Wildman–Crippen MR) is 64.7 cm³/mol. The van der Waals surface area contributed by atoms with Crippen LogP contribution < -0.4 is 4.90 Å². The van der Waals surface area contributed by atoms with E-state index < -0.39 is 0 Å². The van der Waals surface area contributed by atoms with E-state index in [1.807, 2.05) is 23.1 Å². The zero-order valence-corrected chi connectivity index (χ0v) is 9.22. The highest BCUT2D eigenvalue weighted by molar-refractivity contribution is 6.18. The van der Waals surface area contributed by atoms with Gasteiger partial charge in [-0.1, -0.05) is 18.2 Å². The number of para-hydroxylation sites is 1. The molecule has 3 heteroatoms. The smallest absolute Gasteiger partial charge is 0.202 e. The van der Waals surface area contributed by atoms with Crippen LogP contribution in [0.3, 0.4) is 0 Å². The first-order valence-corrected chi connectivity index (χ1v) is 5.59. The van der Waals surface area contributed by atoms with Crippen molar-refractivity contribution in [2.45, 2.75) is 6.42 Å². The molecule has 0 unspecified atom stereocenters. The summed E-state index contributed by atoms with van der Waals surface area (Å²) in [6, 6.07) is 7.98. The lowest BCUT2D eigenvalue weighted by Gasteiger charge is -2.22. The summed E-state index contributed by atoms with van der Waals surface area (Å²) < 4.78 is 0. The molecule has 0 aromatic heterocycles. The molecule has 84 valence electrons. The van der Waals surface area contributed by atoms with Gasteiger partial charge in [0.2, 0.25) is 5.78 Å². The Bertz CT molecular complexity index is 569. The van der Waals surface area contributed by atoms with E-state index in [9.17, 15) is 9.59 Å². The molecule has 3 nitrogen and oxygen atoms in total. The number of allylic oxidation sites excluding steroid dienone is 3. The number of carbonyl (C=O) groups is 2. The molecule has 2 aliphatic rings. The van der Waals surface area contributed by atoms with Crippen LogP contribution in [0.5, 0.6) is 0 Å². The lowest BCUT2D eigenvalue weighted by Crippen LogP contribution is -2.27. The molecule has 1 aliphatic carbocycles. The monoisotopic (exact) mass is 225 g/mol. The zero-order valence-electron chi connectivity index (χ0n) is 9.22. The third kappa shape index (κ3) is 1.60. The van der Waals surface area contributed by atoms with Gasteiger partial charge < -0.3 is 4.90 Å². The Labute approximate surface area is 99.0 Å². The largest absolute Gasteiger partial charge is 0.338 e. The molecule has 1 heterocycles. The van der Waals surface area contributed by atoms with Crippen LogP contribution in [0.25, 0.3) is 0 Å². The van der Waals surface area contributed by atoms with Crippen molar-refractivity contribution in [1.29, 1.82) is 0 Å². The first kappa shape index (κ1) is 10.0. The normalized spacial score (nSPS) is 18.4. The average molecular weight is 225 g/mol. The second kappa shape index (κ2) is 3.70. The molecule has 3 rings (SSSR count). The number of anilines is 1. The number of ketones is 2. The van der Waals surface area contributed by atoms with Crippen molar-refractivity contribution < 1.29 is 9.59 Å². The van der Waals surface area contributed by atoms with Crippen molar-refractivity contribution in [1.82, 2.24) is 0 Å². The molecule has 1 aromatic rings. The van der Waals surface area contributed by atoms with E-state index in [1.165, 1.54) is 23.8 Å². The molecular weight excluding hydrogens is 214 g/mol.